The summed E-state index contributed by atoms with van der Waals surface area (Å²) in [5.41, 5.74) is 10.4. The topological polar surface area (TPSA) is 72.5 Å². The number of rotatable bonds is 12. The Kier molecular flexibility index (Phi) is 11.3. The van der Waals surface area contributed by atoms with E-state index in [0.717, 1.165) is 67.9 Å². The van der Waals surface area contributed by atoms with Crippen LogP contribution >= 0.6 is 0 Å². The quantitative estimate of drug-likeness (QED) is 0.0922. The maximum atomic E-state index is 10.2. The zero-order valence-electron chi connectivity index (χ0n) is 31.1. The fourth-order valence-electron chi connectivity index (χ4n) is 6.47. The van der Waals surface area contributed by atoms with Crippen molar-refractivity contribution in [3.63, 3.8) is 0 Å². The van der Waals surface area contributed by atoms with Crippen LogP contribution in [-0.2, 0) is 0 Å². The van der Waals surface area contributed by atoms with Crippen LogP contribution in [0.4, 0.5) is 34.1 Å². The Hall–Kier alpha value is -7.80. The van der Waals surface area contributed by atoms with E-state index in [-0.39, 0.29) is 0 Å². The second-order valence-electron chi connectivity index (χ2n) is 12.8. The van der Waals surface area contributed by atoms with Gasteiger partial charge in [-0.15, -0.1) is 0 Å². The summed E-state index contributed by atoms with van der Waals surface area (Å²) in [4.78, 5) is 4.33. The number of hydrogen-bond acceptors (Lipinski definition) is 6. The second kappa shape index (κ2) is 17.4. The maximum Gasteiger partial charge on any atom is 0.119 e. The highest BCUT2D eigenvalue weighted by atomic mass is 16.5. The van der Waals surface area contributed by atoms with Gasteiger partial charge in [0.15, 0.2) is 0 Å². The molecule has 0 aliphatic carbocycles. The Morgan fingerprint density at radius 2 is 0.679 bits per heavy atom. The van der Waals surface area contributed by atoms with Crippen molar-refractivity contribution in [2.45, 2.75) is 0 Å². The number of hydrogen-bond donors (Lipinski definition) is 0. The molecule has 0 bridgehead atoms. The van der Waals surface area contributed by atoms with Gasteiger partial charge in [0, 0.05) is 34.1 Å². The van der Waals surface area contributed by atoms with Crippen LogP contribution in [0.2, 0.25) is 0 Å². The van der Waals surface area contributed by atoms with E-state index in [0.29, 0.717) is 11.1 Å². The number of benzene rings is 7. The molecule has 0 fully saturated rings. The van der Waals surface area contributed by atoms with Gasteiger partial charge in [-0.1, -0.05) is 84.9 Å². The fraction of sp³-hybridized carbons (Fsp3) is 0.0400. The highest BCUT2D eigenvalue weighted by molar-refractivity contribution is 5.92. The van der Waals surface area contributed by atoms with Crippen LogP contribution in [0.25, 0.3) is 23.3 Å². The molecular weight excluding hydrogens is 689 g/mol. The third-order valence-electron chi connectivity index (χ3n) is 9.36. The first-order chi connectivity index (χ1) is 27.6. The monoisotopic (exact) mass is 726 g/mol. The minimum atomic E-state index is 0.549. The summed E-state index contributed by atoms with van der Waals surface area (Å²) in [6.45, 7) is 0. The Labute approximate surface area is 328 Å². The molecule has 0 aliphatic rings. The van der Waals surface area contributed by atoms with E-state index in [2.05, 4.69) is 46.2 Å². The number of nitriles is 2. The molecule has 6 nitrogen and oxygen atoms in total. The fourth-order valence-corrected chi connectivity index (χ4v) is 6.47. The summed E-state index contributed by atoms with van der Waals surface area (Å²) in [6.07, 6.45) is 3.76. The van der Waals surface area contributed by atoms with E-state index in [4.69, 9.17) is 9.47 Å². The molecule has 7 rings (SSSR count). The van der Waals surface area contributed by atoms with E-state index in [1.165, 1.54) is 0 Å². The van der Waals surface area contributed by atoms with Gasteiger partial charge in [0.25, 0.3) is 0 Å². The molecule has 0 heterocycles. The van der Waals surface area contributed by atoms with Crippen molar-refractivity contribution in [3.05, 3.63) is 204 Å². The molecule has 0 aliphatic heterocycles. The molecule has 7 aromatic carbocycles. The van der Waals surface area contributed by atoms with Gasteiger partial charge in [0.2, 0.25) is 0 Å². The summed E-state index contributed by atoms with van der Waals surface area (Å²) in [5.74, 6) is 1.58. The van der Waals surface area contributed by atoms with Gasteiger partial charge in [-0.25, -0.2) is 0 Å². The number of para-hydroxylation sites is 2. The van der Waals surface area contributed by atoms with Crippen molar-refractivity contribution in [2.24, 2.45) is 0 Å². The SMILES string of the molecule is COc1ccc(N(c2ccccc2)c2ccc(C(C#N)=Cc3ccc(C=C(C#N)c4ccc(N(c5ccccc5)c5ccc(OC)cc5)cc4)cc3)cc2)cc1. The number of anilines is 6. The van der Waals surface area contributed by atoms with E-state index in [1.807, 2.05) is 170 Å². The molecule has 0 N–H and O–H groups in total. The van der Waals surface area contributed by atoms with Crippen LogP contribution in [0.1, 0.15) is 22.3 Å². The van der Waals surface area contributed by atoms with Gasteiger partial charge in [0.1, 0.15) is 11.5 Å². The Balaban J connectivity index is 1.09. The Morgan fingerprint density at radius 1 is 0.393 bits per heavy atom. The van der Waals surface area contributed by atoms with Crippen molar-refractivity contribution in [1.82, 2.24) is 0 Å². The smallest absolute Gasteiger partial charge is 0.119 e. The van der Waals surface area contributed by atoms with Crippen molar-refractivity contribution in [3.8, 4) is 23.6 Å². The van der Waals surface area contributed by atoms with Crippen LogP contribution in [0.3, 0.4) is 0 Å². The molecule has 6 heteroatoms. The zero-order chi connectivity index (χ0) is 38.7. The van der Waals surface area contributed by atoms with Gasteiger partial charge in [-0.05, 0) is 131 Å². The van der Waals surface area contributed by atoms with E-state index < -0.39 is 0 Å². The third kappa shape index (κ3) is 8.37. The molecule has 0 radical (unpaired) electrons. The van der Waals surface area contributed by atoms with Crippen LogP contribution in [0.5, 0.6) is 11.5 Å². The first-order valence-electron chi connectivity index (χ1n) is 18.1. The van der Waals surface area contributed by atoms with Gasteiger partial charge < -0.3 is 19.3 Å². The lowest BCUT2D eigenvalue weighted by atomic mass is 10.0. The van der Waals surface area contributed by atoms with Crippen LogP contribution in [0.15, 0.2) is 182 Å². The number of nitrogens with zero attached hydrogens (tertiary/aromatic N) is 4. The molecule has 7 aromatic rings. The molecule has 0 saturated carbocycles. The molecule has 270 valence electrons. The largest absolute Gasteiger partial charge is 0.497 e. The minimum Gasteiger partial charge on any atom is -0.497 e. The molecule has 0 atom stereocenters. The first kappa shape index (κ1) is 36.6. The summed E-state index contributed by atoms with van der Waals surface area (Å²) in [7, 11) is 3.32. The Morgan fingerprint density at radius 3 is 0.964 bits per heavy atom. The van der Waals surface area contributed by atoms with Crippen LogP contribution < -0.4 is 19.3 Å². The lowest BCUT2D eigenvalue weighted by molar-refractivity contribution is 0.414. The van der Waals surface area contributed by atoms with Gasteiger partial charge >= 0.3 is 0 Å². The third-order valence-corrected chi connectivity index (χ3v) is 9.36. The number of allylic oxidation sites excluding steroid dienone is 2. The summed E-state index contributed by atoms with van der Waals surface area (Å²) in [5, 5.41) is 20.3. The lowest BCUT2D eigenvalue weighted by Crippen LogP contribution is -2.09. The summed E-state index contributed by atoms with van der Waals surface area (Å²) < 4.78 is 10.7. The normalized spacial score (nSPS) is 11.2. The first-order valence-corrected chi connectivity index (χ1v) is 18.1. The maximum absolute atomic E-state index is 10.2. The summed E-state index contributed by atoms with van der Waals surface area (Å²) >= 11 is 0. The molecule has 0 spiro atoms. The van der Waals surface area contributed by atoms with E-state index in [9.17, 15) is 10.5 Å². The highest BCUT2D eigenvalue weighted by Crippen LogP contribution is 2.37. The minimum absolute atomic E-state index is 0.549. The second-order valence-corrected chi connectivity index (χ2v) is 12.8. The van der Waals surface area contributed by atoms with E-state index in [1.54, 1.807) is 14.2 Å². The zero-order valence-corrected chi connectivity index (χ0v) is 31.1. The molecule has 0 aromatic heterocycles. The highest BCUT2D eigenvalue weighted by Gasteiger charge is 2.15. The summed E-state index contributed by atoms with van der Waals surface area (Å²) in [6, 6.07) is 64.8. The number of methoxy groups -OCH3 is 2. The predicted molar refractivity (Wildman–Crippen MR) is 229 cm³/mol. The predicted octanol–water partition coefficient (Wildman–Crippen LogP) is 12.8. The van der Waals surface area contributed by atoms with Crippen molar-refractivity contribution in [2.75, 3.05) is 24.0 Å². The van der Waals surface area contributed by atoms with Crippen molar-refractivity contribution < 1.29 is 9.47 Å². The average molecular weight is 727 g/mol. The van der Waals surface area contributed by atoms with Crippen LogP contribution in [0, 0.1) is 22.7 Å². The molecule has 0 amide bonds. The molecule has 0 saturated heterocycles. The Bertz CT molecular complexity index is 2330. The molecule has 56 heavy (non-hydrogen) atoms. The van der Waals surface area contributed by atoms with Gasteiger partial charge in [-0.3, -0.25) is 0 Å². The van der Waals surface area contributed by atoms with Gasteiger partial charge in [-0.2, -0.15) is 10.5 Å². The lowest BCUT2D eigenvalue weighted by Gasteiger charge is -2.25. The van der Waals surface area contributed by atoms with Crippen molar-refractivity contribution >= 4 is 57.4 Å². The van der Waals surface area contributed by atoms with Crippen LogP contribution in [-0.4, -0.2) is 14.2 Å². The average Bonchev–Trinajstić information content (AvgIpc) is 3.27. The number of ether oxygens (including phenoxy) is 2. The standard InChI is InChI=1S/C50H38N4O2/c1-55-49-29-25-47(26-30-49)53(43-9-5-3-6-10-43)45-21-17-39(18-22-45)41(35-51)33-37-13-15-38(16-14-37)34-42(36-52)40-19-23-46(24-20-40)54(44-11-7-4-8-12-44)48-27-31-50(56-2)32-28-48/h3-34H,1-2H3. The van der Waals surface area contributed by atoms with Crippen molar-refractivity contribution in [1.29, 1.82) is 10.5 Å². The molecule has 0 unspecified atom stereocenters. The van der Waals surface area contributed by atoms with Gasteiger partial charge in [0.05, 0.1) is 37.5 Å². The van der Waals surface area contributed by atoms with E-state index >= 15 is 0 Å². The molecular formula is C50H38N4O2.